The van der Waals surface area contributed by atoms with Gasteiger partial charge in [0, 0.05) is 38.8 Å². The van der Waals surface area contributed by atoms with E-state index in [1.165, 1.54) is 24.3 Å². The number of amides is 2. The van der Waals surface area contributed by atoms with Gasteiger partial charge in [-0.05, 0) is 62.3 Å². The number of aromatic nitrogens is 1. The molecule has 40 heavy (non-hydrogen) atoms. The Morgan fingerprint density at radius 2 is 2.05 bits per heavy atom. The average Bonchev–Trinajstić information content (AvgIpc) is 3.45. The summed E-state index contributed by atoms with van der Waals surface area (Å²) in [4.78, 5) is 40.0. The zero-order valence-electron chi connectivity index (χ0n) is 22.9. The fraction of sp³-hybridized carbons (Fsp3) is 0.467. The normalized spacial score (nSPS) is 22.2. The Bertz CT molecular complexity index is 1340. The van der Waals surface area contributed by atoms with Gasteiger partial charge in [0.1, 0.15) is 23.2 Å². The molecule has 2 heterocycles. The Kier molecular flexibility index (Phi) is 7.86. The number of hydrogen-bond donors (Lipinski definition) is 1. The van der Waals surface area contributed by atoms with E-state index in [9.17, 15) is 19.1 Å². The molecule has 2 aromatic rings. The van der Waals surface area contributed by atoms with Crippen LogP contribution in [0.1, 0.15) is 51.0 Å². The number of amidine groups is 1. The number of phenolic OH excluding ortho intramolecular Hbond substituents is 1. The van der Waals surface area contributed by atoms with Gasteiger partial charge in [0.05, 0.1) is 21.8 Å². The van der Waals surface area contributed by atoms with Gasteiger partial charge in [0.15, 0.2) is 0 Å². The molecule has 1 spiro atoms. The number of halogens is 2. The summed E-state index contributed by atoms with van der Waals surface area (Å²) in [5, 5.41) is 10.7. The van der Waals surface area contributed by atoms with Gasteiger partial charge in [-0.3, -0.25) is 19.5 Å². The molecule has 1 aromatic carbocycles. The second kappa shape index (κ2) is 11.2. The lowest BCUT2D eigenvalue weighted by Gasteiger charge is -2.51. The molecule has 2 atom stereocenters. The summed E-state index contributed by atoms with van der Waals surface area (Å²) in [6, 6.07) is 5.56. The van der Waals surface area contributed by atoms with E-state index >= 15 is 0 Å². The standard InChI is InChI=1S/C30H35ClFN5O3/c1-4-25(40)35-14-15-36(19(2)17-35)28(33-3)20-16-21(31)27(26-22(32)8-7-9-23(26)39)34-29(20)37(18-38)24-10-13-30(24)11-5-6-12-30/h4,7-9,16,18-19,24,39H,1,5-6,10-15,17H2,2-3H3/b33-28+. The highest BCUT2D eigenvalue weighted by Crippen LogP contribution is 2.56. The fourth-order valence-corrected chi connectivity index (χ4v) is 7.06. The number of phenols is 1. The third kappa shape index (κ3) is 4.74. The molecule has 5 rings (SSSR count). The van der Waals surface area contributed by atoms with Crippen LogP contribution in [0.25, 0.3) is 11.3 Å². The number of rotatable bonds is 6. The van der Waals surface area contributed by atoms with Crippen molar-refractivity contribution < 1.29 is 19.1 Å². The van der Waals surface area contributed by atoms with Crippen LogP contribution in [-0.2, 0) is 9.59 Å². The van der Waals surface area contributed by atoms with E-state index in [1.54, 1.807) is 22.9 Å². The maximum absolute atomic E-state index is 15.0. The molecule has 2 amide bonds. The van der Waals surface area contributed by atoms with Crippen molar-refractivity contribution in [2.45, 2.75) is 57.5 Å². The highest BCUT2D eigenvalue weighted by atomic mass is 35.5. The van der Waals surface area contributed by atoms with Crippen molar-refractivity contribution in [3.8, 4) is 17.0 Å². The number of carbonyl (C=O) groups is 2. The molecule has 8 nitrogen and oxygen atoms in total. The van der Waals surface area contributed by atoms with Crippen LogP contribution in [-0.4, -0.2) is 76.8 Å². The van der Waals surface area contributed by atoms with Gasteiger partial charge in [-0.1, -0.05) is 37.1 Å². The lowest BCUT2D eigenvalue weighted by molar-refractivity contribution is -0.128. The summed E-state index contributed by atoms with van der Waals surface area (Å²) in [7, 11) is 1.67. The van der Waals surface area contributed by atoms with Crippen molar-refractivity contribution in [1.29, 1.82) is 0 Å². The van der Waals surface area contributed by atoms with Crippen molar-refractivity contribution in [3.63, 3.8) is 0 Å². The molecule has 10 heteroatoms. The summed E-state index contributed by atoms with van der Waals surface area (Å²) in [6.45, 7) is 7.07. The molecule has 1 aliphatic heterocycles. The van der Waals surface area contributed by atoms with E-state index in [1.807, 2.05) is 6.92 Å². The first-order valence-electron chi connectivity index (χ1n) is 13.8. The first kappa shape index (κ1) is 28.1. The quantitative estimate of drug-likeness (QED) is 0.229. The molecule has 2 aliphatic carbocycles. The molecular formula is C30H35ClFN5O3. The monoisotopic (exact) mass is 567 g/mol. The van der Waals surface area contributed by atoms with Crippen molar-refractivity contribution in [2.75, 3.05) is 31.6 Å². The minimum atomic E-state index is -0.664. The summed E-state index contributed by atoms with van der Waals surface area (Å²) in [6.07, 6.45) is 8.39. The van der Waals surface area contributed by atoms with Crippen LogP contribution in [0, 0.1) is 11.2 Å². The number of nitrogens with zero attached hydrogens (tertiary/aromatic N) is 5. The number of benzene rings is 1. The summed E-state index contributed by atoms with van der Waals surface area (Å²) in [5.74, 6) is -0.158. The third-order valence-electron chi connectivity index (χ3n) is 8.94. The van der Waals surface area contributed by atoms with Gasteiger partial charge >= 0.3 is 0 Å². The molecule has 212 valence electrons. The molecule has 1 aromatic heterocycles. The van der Waals surface area contributed by atoms with Crippen LogP contribution in [0.5, 0.6) is 5.75 Å². The predicted molar refractivity (Wildman–Crippen MR) is 154 cm³/mol. The zero-order valence-corrected chi connectivity index (χ0v) is 23.7. The van der Waals surface area contributed by atoms with Crippen molar-refractivity contribution in [2.24, 2.45) is 10.4 Å². The van der Waals surface area contributed by atoms with Crippen LogP contribution in [0.2, 0.25) is 5.02 Å². The third-order valence-corrected chi connectivity index (χ3v) is 9.23. The van der Waals surface area contributed by atoms with E-state index < -0.39 is 5.82 Å². The fourth-order valence-electron chi connectivity index (χ4n) is 6.82. The summed E-state index contributed by atoms with van der Waals surface area (Å²) in [5.41, 5.74) is 0.546. The minimum Gasteiger partial charge on any atom is -0.507 e. The predicted octanol–water partition coefficient (Wildman–Crippen LogP) is 5.03. The van der Waals surface area contributed by atoms with E-state index in [4.69, 9.17) is 16.6 Å². The van der Waals surface area contributed by atoms with Crippen LogP contribution in [0.3, 0.4) is 0 Å². The van der Waals surface area contributed by atoms with Crippen LogP contribution >= 0.6 is 11.6 Å². The van der Waals surface area contributed by atoms with E-state index in [2.05, 4.69) is 16.5 Å². The average molecular weight is 568 g/mol. The Balaban J connectivity index is 1.63. The van der Waals surface area contributed by atoms with E-state index in [-0.39, 0.29) is 45.4 Å². The SMILES string of the molecule is C=CC(=O)N1CCN(/C(=N/C)c2cc(Cl)c(-c3c(O)cccc3F)nc2N(C=O)C2CCC23CCCC3)C(C)C1. The summed E-state index contributed by atoms with van der Waals surface area (Å²) >= 11 is 6.75. The second-order valence-electron chi connectivity index (χ2n) is 11.0. The first-order chi connectivity index (χ1) is 19.2. The van der Waals surface area contributed by atoms with Gasteiger partial charge in [-0.25, -0.2) is 9.37 Å². The Labute approximate surface area is 239 Å². The Morgan fingerprint density at radius 1 is 1.30 bits per heavy atom. The molecule has 0 radical (unpaired) electrons. The number of anilines is 1. The van der Waals surface area contributed by atoms with Gasteiger partial charge in [0.25, 0.3) is 0 Å². The van der Waals surface area contributed by atoms with Crippen LogP contribution < -0.4 is 4.90 Å². The van der Waals surface area contributed by atoms with Crippen molar-refractivity contribution in [1.82, 2.24) is 14.8 Å². The van der Waals surface area contributed by atoms with Crippen molar-refractivity contribution >= 4 is 35.6 Å². The lowest BCUT2D eigenvalue weighted by atomic mass is 9.62. The van der Waals surface area contributed by atoms with E-state index in [0.717, 1.165) is 44.9 Å². The van der Waals surface area contributed by atoms with Gasteiger partial charge < -0.3 is 14.9 Å². The number of aliphatic imine (C=N–C) groups is 1. The van der Waals surface area contributed by atoms with Gasteiger partial charge in [-0.2, -0.15) is 0 Å². The number of carbonyl (C=O) groups excluding carboxylic acids is 2. The second-order valence-corrected chi connectivity index (χ2v) is 11.4. The largest absolute Gasteiger partial charge is 0.507 e. The van der Waals surface area contributed by atoms with Crippen molar-refractivity contribution in [3.05, 3.63) is 53.3 Å². The molecule has 2 unspecified atom stereocenters. The molecule has 1 N–H and O–H groups in total. The topological polar surface area (TPSA) is 89.3 Å². The molecular weight excluding hydrogens is 533 g/mol. The van der Waals surface area contributed by atoms with Gasteiger partial charge in [-0.15, -0.1) is 0 Å². The number of hydrogen-bond acceptors (Lipinski definition) is 5. The number of pyridine rings is 1. The minimum absolute atomic E-state index is 0.0421. The molecule has 3 fully saturated rings. The Morgan fingerprint density at radius 3 is 2.62 bits per heavy atom. The molecule has 2 saturated carbocycles. The highest BCUT2D eigenvalue weighted by Gasteiger charge is 2.51. The molecule has 3 aliphatic rings. The maximum Gasteiger partial charge on any atom is 0.246 e. The summed E-state index contributed by atoms with van der Waals surface area (Å²) < 4.78 is 15.0. The zero-order chi connectivity index (χ0) is 28.6. The first-order valence-corrected chi connectivity index (χ1v) is 14.2. The van der Waals surface area contributed by atoms with E-state index in [0.29, 0.717) is 36.9 Å². The number of piperazine rings is 1. The van der Waals surface area contributed by atoms with Crippen LogP contribution in [0.15, 0.2) is 41.9 Å². The highest BCUT2D eigenvalue weighted by molar-refractivity contribution is 6.33. The molecule has 0 bridgehead atoms. The van der Waals surface area contributed by atoms with Gasteiger partial charge in [0.2, 0.25) is 12.3 Å². The lowest BCUT2D eigenvalue weighted by Crippen LogP contribution is -2.56. The Hall–Kier alpha value is -3.46. The molecule has 1 saturated heterocycles. The maximum atomic E-state index is 15.0. The smallest absolute Gasteiger partial charge is 0.246 e. The number of aromatic hydroxyl groups is 1. The van der Waals surface area contributed by atoms with Crippen LogP contribution in [0.4, 0.5) is 10.2 Å².